The van der Waals surface area contributed by atoms with Gasteiger partial charge >= 0.3 is 0 Å². The van der Waals surface area contributed by atoms with Gasteiger partial charge in [0.1, 0.15) is 18.4 Å². The normalized spacial score (nSPS) is 13.2. The van der Waals surface area contributed by atoms with Crippen molar-refractivity contribution < 1.29 is 27.4 Å². The summed E-state index contributed by atoms with van der Waals surface area (Å²) in [6.07, 6.45) is 19.9. The average Bonchev–Trinajstić information content (AvgIpc) is 2.72. The maximum absolute atomic E-state index is 12.0. The standard InChI is InChI=1S/C26H54N2O5S/c1-4-5-6-7-8-9-10-11-12-13-14-15-16-17-18-20-26(30)27-21-19-22-28(2,3)23-25(29)24-34(31,32)33/h25,29H,4-24H2,1-3H3,(H-,27,30,31,32,33)/p+1. The van der Waals surface area contributed by atoms with Gasteiger partial charge in [0.25, 0.3) is 10.1 Å². The number of carbonyl (C=O) groups is 1. The van der Waals surface area contributed by atoms with Crippen LogP contribution in [0.1, 0.15) is 116 Å². The Bertz CT molecular complexity index is 596. The Morgan fingerprint density at radius 3 is 1.68 bits per heavy atom. The van der Waals surface area contributed by atoms with Crippen molar-refractivity contribution in [2.24, 2.45) is 0 Å². The fourth-order valence-corrected chi connectivity index (χ4v) is 5.03. The van der Waals surface area contributed by atoms with Crippen LogP contribution >= 0.6 is 0 Å². The molecule has 7 nitrogen and oxygen atoms in total. The third-order valence-electron chi connectivity index (χ3n) is 6.38. The summed E-state index contributed by atoms with van der Waals surface area (Å²) in [5.74, 6) is -0.559. The van der Waals surface area contributed by atoms with Gasteiger partial charge in [0, 0.05) is 19.4 Å². The molecule has 204 valence electrons. The molecule has 8 heteroatoms. The van der Waals surface area contributed by atoms with Crippen LogP contribution in [0, 0.1) is 0 Å². The van der Waals surface area contributed by atoms with Gasteiger partial charge in [-0.15, -0.1) is 0 Å². The number of nitrogens with one attached hydrogen (secondary N) is 1. The van der Waals surface area contributed by atoms with Crippen LogP contribution in [-0.4, -0.2) is 74.1 Å². The first-order chi connectivity index (χ1) is 16.1. The zero-order valence-corrected chi connectivity index (χ0v) is 23.2. The van der Waals surface area contributed by atoms with E-state index >= 15 is 0 Å². The molecule has 0 spiro atoms. The molecule has 0 saturated carbocycles. The lowest BCUT2D eigenvalue weighted by molar-refractivity contribution is -0.893. The number of carbonyl (C=O) groups excluding carboxylic acids is 1. The van der Waals surface area contributed by atoms with Crippen LogP contribution in [0.5, 0.6) is 0 Å². The summed E-state index contributed by atoms with van der Waals surface area (Å²) in [6.45, 7) is 3.77. The van der Waals surface area contributed by atoms with Gasteiger partial charge in [0.05, 0.1) is 20.6 Å². The van der Waals surface area contributed by atoms with Gasteiger partial charge in [-0.3, -0.25) is 9.35 Å². The molecule has 0 aliphatic heterocycles. The number of likely N-dealkylation sites (N-methyl/N-ethyl adjacent to an activating group) is 1. The number of aliphatic hydroxyl groups excluding tert-OH is 1. The van der Waals surface area contributed by atoms with E-state index in [4.69, 9.17) is 4.55 Å². The summed E-state index contributed by atoms with van der Waals surface area (Å²) >= 11 is 0. The highest BCUT2D eigenvalue weighted by Crippen LogP contribution is 2.13. The van der Waals surface area contributed by atoms with Crippen LogP contribution < -0.4 is 5.32 Å². The van der Waals surface area contributed by atoms with Crippen molar-refractivity contribution in [2.45, 2.75) is 122 Å². The van der Waals surface area contributed by atoms with E-state index in [1.807, 2.05) is 14.1 Å². The summed E-state index contributed by atoms with van der Waals surface area (Å²) in [4.78, 5) is 12.0. The number of amides is 1. The molecule has 0 rings (SSSR count). The van der Waals surface area contributed by atoms with Crippen molar-refractivity contribution in [3.63, 3.8) is 0 Å². The first-order valence-corrected chi connectivity index (χ1v) is 15.4. The molecule has 0 aromatic heterocycles. The first kappa shape index (κ1) is 33.3. The lowest BCUT2D eigenvalue weighted by Gasteiger charge is -2.31. The lowest BCUT2D eigenvalue weighted by atomic mass is 10.0. The molecule has 0 saturated heterocycles. The third-order valence-corrected chi connectivity index (χ3v) is 7.18. The molecule has 0 aliphatic rings. The maximum atomic E-state index is 12.0. The Balaban J connectivity index is 3.50. The number of unbranched alkanes of at least 4 members (excludes halogenated alkanes) is 14. The van der Waals surface area contributed by atoms with Gasteiger partial charge in [-0.1, -0.05) is 96.8 Å². The molecule has 0 aliphatic carbocycles. The molecule has 34 heavy (non-hydrogen) atoms. The Kier molecular flexibility index (Phi) is 20.1. The zero-order chi connectivity index (χ0) is 25.7. The Morgan fingerprint density at radius 2 is 1.24 bits per heavy atom. The third kappa shape index (κ3) is 24.4. The zero-order valence-electron chi connectivity index (χ0n) is 22.4. The molecule has 0 fully saturated rings. The van der Waals surface area contributed by atoms with Gasteiger partial charge in [-0.25, -0.2) is 0 Å². The minimum atomic E-state index is -4.18. The monoisotopic (exact) mass is 507 g/mol. The topological polar surface area (TPSA) is 104 Å². The molecule has 0 aromatic rings. The van der Waals surface area contributed by atoms with E-state index in [9.17, 15) is 18.3 Å². The molecule has 1 amide bonds. The first-order valence-electron chi connectivity index (χ1n) is 13.8. The summed E-state index contributed by atoms with van der Waals surface area (Å²) in [5, 5.41) is 12.8. The lowest BCUT2D eigenvalue weighted by Crippen LogP contribution is -2.48. The second kappa shape index (κ2) is 20.5. The Morgan fingerprint density at radius 1 is 0.794 bits per heavy atom. The van der Waals surface area contributed by atoms with Crippen LogP contribution in [0.2, 0.25) is 0 Å². The van der Waals surface area contributed by atoms with Gasteiger partial charge in [0.2, 0.25) is 5.91 Å². The molecular weight excluding hydrogens is 452 g/mol. The number of nitrogens with zero attached hydrogens (tertiary/aromatic N) is 1. The summed E-state index contributed by atoms with van der Waals surface area (Å²) in [6, 6.07) is 0. The van der Waals surface area contributed by atoms with Gasteiger partial charge in [-0.2, -0.15) is 8.42 Å². The fraction of sp³-hybridized carbons (Fsp3) is 0.962. The van der Waals surface area contributed by atoms with Crippen molar-refractivity contribution >= 4 is 16.0 Å². The highest BCUT2D eigenvalue weighted by molar-refractivity contribution is 7.85. The minimum Gasteiger partial charge on any atom is -0.386 e. The van der Waals surface area contributed by atoms with Gasteiger partial charge < -0.3 is 14.9 Å². The van der Waals surface area contributed by atoms with E-state index in [2.05, 4.69) is 12.2 Å². The fourth-order valence-electron chi connectivity index (χ4n) is 4.44. The number of hydrogen-bond donors (Lipinski definition) is 3. The molecule has 3 N–H and O–H groups in total. The average molecular weight is 508 g/mol. The maximum Gasteiger partial charge on any atom is 0.267 e. The van der Waals surface area contributed by atoms with E-state index in [0.29, 0.717) is 24.0 Å². The van der Waals surface area contributed by atoms with Crippen LogP contribution in [0.3, 0.4) is 0 Å². The number of aliphatic hydroxyl groups is 1. The van der Waals surface area contributed by atoms with E-state index < -0.39 is 22.0 Å². The number of quaternary nitrogens is 1. The molecular formula is C26H55N2O5S+. The Hall–Kier alpha value is -0.700. The van der Waals surface area contributed by atoms with Crippen LogP contribution in [0.25, 0.3) is 0 Å². The molecule has 0 bridgehead atoms. The van der Waals surface area contributed by atoms with Crippen molar-refractivity contribution in [3.8, 4) is 0 Å². The molecule has 1 atom stereocenters. The van der Waals surface area contributed by atoms with E-state index in [1.54, 1.807) is 0 Å². The highest BCUT2D eigenvalue weighted by atomic mass is 32.2. The summed E-state index contributed by atoms with van der Waals surface area (Å²) in [5.41, 5.74) is 0. The minimum absolute atomic E-state index is 0.0893. The van der Waals surface area contributed by atoms with Gasteiger partial charge in [0.15, 0.2) is 0 Å². The quantitative estimate of drug-likeness (QED) is 0.0960. The smallest absolute Gasteiger partial charge is 0.267 e. The molecule has 0 radical (unpaired) electrons. The van der Waals surface area contributed by atoms with E-state index in [1.165, 1.54) is 83.5 Å². The molecule has 0 heterocycles. The van der Waals surface area contributed by atoms with Crippen molar-refractivity contribution in [2.75, 3.05) is 39.5 Å². The largest absolute Gasteiger partial charge is 0.386 e. The van der Waals surface area contributed by atoms with Crippen LogP contribution in [0.15, 0.2) is 0 Å². The number of rotatable bonds is 24. The predicted molar refractivity (Wildman–Crippen MR) is 141 cm³/mol. The predicted octanol–water partition coefficient (Wildman–Crippen LogP) is 5.08. The summed E-state index contributed by atoms with van der Waals surface area (Å²) < 4.78 is 31.0. The van der Waals surface area contributed by atoms with Crippen LogP contribution in [0.4, 0.5) is 0 Å². The highest BCUT2D eigenvalue weighted by Gasteiger charge is 2.24. The van der Waals surface area contributed by atoms with Gasteiger partial charge in [-0.05, 0) is 6.42 Å². The van der Waals surface area contributed by atoms with Crippen molar-refractivity contribution in [1.29, 1.82) is 0 Å². The van der Waals surface area contributed by atoms with Crippen molar-refractivity contribution in [3.05, 3.63) is 0 Å². The molecule has 0 aromatic carbocycles. The second-order valence-corrected chi connectivity index (χ2v) is 12.1. The van der Waals surface area contributed by atoms with E-state index in [0.717, 1.165) is 19.3 Å². The summed E-state index contributed by atoms with van der Waals surface area (Å²) in [7, 11) is -0.388. The SMILES string of the molecule is CCCCCCCCCCCCCCCCCC(=O)NCCC[N+](C)(C)CC(O)CS(=O)(=O)O. The second-order valence-electron chi connectivity index (χ2n) is 10.6. The Labute approximate surface area is 210 Å². The molecule has 1 unspecified atom stereocenters. The van der Waals surface area contributed by atoms with E-state index in [-0.39, 0.29) is 12.5 Å². The van der Waals surface area contributed by atoms with Crippen LogP contribution in [-0.2, 0) is 14.9 Å². The number of hydrogen-bond acceptors (Lipinski definition) is 4. The van der Waals surface area contributed by atoms with Crippen molar-refractivity contribution in [1.82, 2.24) is 5.32 Å².